The van der Waals surface area contributed by atoms with E-state index in [0.717, 1.165) is 46.5 Å². The van der Waals surface area contributed by atoms with Crippen molar-refractivity contribution < 1.29 is 14.4 Å². The first-order valence-electron chi connectivity index (χ1n) is 10.2. The Morgan fingerprint density at radius 3 is 2.65 bits per heavy atom. The van der Waals surface area contributed by atoms with Crippen molar-refractivity contribution in [2.75, 3.05) is 13.6 Å². The molecular formula is C19H25N7O3S2. The summed E-state index contributed by atoms with van der Waals surface area (Å²) in [6.07, 6.45) is 2.77. The number of hydrogen-bond acceptors (Lipinski definition) is 9. The van der Waals surface area contributed by atoms with Gasteiger partial charge >= 0.3 is 11.8 Å². The monoisotopic (exact) mass is 463 g/mol. The Hall–Kier alpha value is -2.44. The average molecular weight is 464 g/mol. The Morgan fingerprint density at radius 1 is 1.13 bits per heavy atom. The van der Waals surface area contributed by atoms with E-state index in [1.807, 2.05) is 14.0 Å². The summed E-state index contributed by atoms with van der Waals surface area (Å²) in [4.78, 5) is 44.0. The van der Waals surface area contributed by atoms with Crippen LogP contribution in [0.5, 0.6) is 0 Å². The Morgan fingerprint density at radius 2 is 1.94 bits per heavy atom. The first kappa shape index (κ1) is 21.8. The highest BCUT2D eigenvalue weighted by molar-refractivity contribution is 7.13. The molecule has 2 aromatic rings. The molecule has 4 rings (SSSR count). The normalized spacial score (nSPS) is 23.7. The van der Waals surface area contributed by atoms with E-state index in [0.29, 0.717) is 17.8 Å². The first-order chi connectivity index (χ1) is 14.8. The molecule has 3 atom stereocenters. The van der Waals surface area contributed by atoms with Gasteiger partial charge in [0.15, 0.2) is 5.01 Å². The quantitative estimate of drug-likeness (QED) is 0.554. The summed E-state index contributed by atoms with van der Waals surface area (Å²) in [6, 6.07) is -0.766. The van der Waals surface area contributed by atoms with Gasteiger partial charge in [-0.3, -0.25) is 14.4 Å². The number of amides is 3. The standard InChI is InChI=1S/C19H25N7O3S2/c1-9-24-25-18(30-9)10-3-4-11(21-16(28)15(20)27)13(7-10)22-17(29)19-23-12-5-6-26(2)8-14(12)31-19/h10-11,13H,3-8H2,1-2H3,(H2,20,27)(H,21,28)(H,22,29)/t10-,11-,13+/m0/s1. The summed E-state index contributed by atoms with van der Waals surface area (Å²) in [6.45, 7) is 3.62. The highest BCUT2D eigenvalue weighted by Gasteiger charge is 2.36. The number of nitrogens with two attached hydrogens (primary N) is 1. The van der Waals surface area contributed by atoms with Gasteiger partial charge in [-0.25, -0.2) is 4.98 Å². The number of aromatic nitrogens is 3. The van der Waals surface area contributed by atoms with Crippen LogP contribution < -0.4 is 16.4 Å². The lowest BCUT2D eigenvalue weighted by Gasteiger charge is -2.35. The number of nitrogens with one attached hydrogen (secondary N) is 2. The molecule has 0 aromatic carbocycles. The molecule has 0 unspecified atom stereocenters. The van der Waals surface area contributed by atoms with Crippen LogP contribution in [0, 0.1) is 6.92 Å². The Labute approximate surface area is 187 Å². The second kappa shape index (κ2) is 8.97. The molecule has 1 saturated carbocycles. The van der Waals surface area contributed by atoms with E-state index in [1.165, 1.54) is 22.7 Å². The number of rotatable bonds is 4. The number of carbonyl (C=O) groups excluding carboxylic acids is 3. The van der Waals surface area contributed by atoms with Gasteiger partial charge in [0.2, 0.25) is 0 Å². The zero-order chi connectivity index (χ0) is 22.1. The summed E-state index contributed by atoms with van der Waals surface area (Å²) in [5, 5.41) is 16.3. The van der Waals surface area contributed by atoms with Crippen LogP contribution in [0.2, 0.25) is 0 Å². The summed E-state index contributed by atoms with van der Waals surface area (Å²) >= 11 is 2.95. The number of thiazole rings is 1. The fraction of sp³-hybridized carbons (Fsp3) is 0.579. The van der Waals surface area contributed by atoms with Gasteiger partial charge in [0.25, 0.3) is 5.91 Å². The van der Waals surface area contributed by atoms with Crippen LogP contribution in [-0.4, -0.2) is 63.5 Å². The second-order valence-electron chi connectivity index (χ2n) is 8.07. The third-order valence-corrected chi connectivity index (χ3v) is 7.80. The zero-order valence-corrected chi connectivity index (χ0v) is 19.0. The predicted octanol–water partition coefficient (Wildman–Crippen LogP) is 0.327. The first-order valence-corrected chi connectivity index (χ1v) is 11.8. The number of fused-ring (bicyclic) bond motifs is 1. The van der Waals surface area contributed by atoms with Gasteiger partial charge in [0.1, 0.15) is 10.0 Å². The van der Waals surface area contributed by atoms with Gasteiger partial charge in [-0.05, 0) is 33.2 Å². The van der Waals surface area contributed by atoms with E-state index in [9.17, 15) is 14.4 Å². The fourth-order valence-electron chi connectivity index (χ4n) is 4.09. The Bertz CT molecular complexity index is 1000. The lowest BCUT2D eigenvalue weighted by atomic mass is 9.82. The molecule has 0 radical (unpaired) electrons. The maximum Gasteiger partial charge on any atom is 0.309 e. The lowest BCUT2D eigenvalue weighted by Crippen LogP contribution is -2.56. The van der Waals surface area contributed by atoms with Gasteiger partial charge in [-0.2, -0.15) is 0 Å². The molecule has 0 spiro atoms. The maximum atomic E-state index is 13.0. The van der Waals surface area contributed by atoms with Crippen molar-refractivity contribution >= 4 is 40.4 Å². The lowest BCUT2D eigenvalue weighted by molar-refractivity contribution is -0.138. The van der Waals surface area contributed by atoms with Crippen LogP contribution in [0.1, 0.15) is 55.6 Å². The minimum atomic E-state index is -1.04. The molecule has 12 heteroatoms. The van der Waals surface area contributed by atoms with Crippen molar-refractivity contribution in [2.45, 2.75) is 57.2 Å². The largest absolute Gasteiger partial charge is 0.361 e. The summed E-state index contributed by atoms with van der Waals surface area (Å²) < 4.78 is 0. The second-order valence-corrected chi connectivity index (χ2v) is 10.4. The molecule has 2 aliphatic rings. The van der Waals surface area contributed by atoms with Crippen molar-refractivity contribution in [1.82, 2.24) is 30.7 Å². The van der Waals surface area contributed by atoms with Crippen molar-refractivity contribution in [3.05, 3.63) is 25.6 Å². The van der Waals surface area contributed by atoms with Gasteiger partial charge < -0.3 is 21.3 Å². The summed E-state index contributed by atoms with van der Waals surface area (Å²) in [5.41, 5.74) is 6.10. The molecule has 1 aliphatic carbocycles. The third-order valence-electron chi connectivity index (χ3n) is 5.71. The van der Waals surface area contributed by atoms with E-state index < -0.39 is 17.9 Å². The number of carbonyl (C=O) groups is 3. The molecule has 0 saturated heterocycles. The van der Waals surface area contributed by atoms with Crippen molar-refractivity contribution in [1.29, 1.82) is 0 Å². The van der Waals surface area contributed by atoms with E-state index in [2.05, 4.69) is 30.7 Å². The molecule has 1 fully saturated rings. The maximum absolute atomic E-state index is 13.0. The van der Waals surface area contributed by atoms with E-state index in [1.54, 1.807) is 0 Å². The molecule has 166 valence electrons. The van der Waals surface area contributed by atoms with Gasteiger partial charge in [-0.1, -0.05) is 0 Å². The summed E-state index contributed by atoms with van der Waals surface area (Å²) in [5.74, 6) is -2.03. The molecule has 2 aromatic heterocycles. The molecule has 3 heterocycles. The SMILES string of the molecule is Cc1nnc([C@H]2CC[C@H](NC(=O)C(N)=O)[C@H](NC(=O)c3nc4c(s3)CN(C)CC4)C2)s1. The van der Waals surface area contributed by atoms with Gasteiger partial charge in [-0.15, -0.1) is 32.9 Å². The molecule has 3 amide bonds. The minimum absolute atomic E-state index is 0.122. The van der Waals surface area contributed by atoms with Crippen molar-refractivity contribution in [3.63, 3.8) is 0 Å². The number of aryl methyl sites for hydroxylation is 1. The van der Waals surface area contributed by atoms with Crippen molar-refractivity contribution in [3.8, 4) is 0 Å². The zero-order valence-electron chi connectivity index (χ0n) is 17.4. The smallest absolute Gasteiger partial charge is 0.309 e. The van der Waals surface area contributed by atoms with Crippen molar-refractivity contribution in [2.24, 2.45) is 5.73 Å². The fourth-order valence-corrected chi connectivity index (χ4v) is 6.03. The van der Waals surface area contributed by atoms with Crippen LogP contribution in [0.25, 0.3) is 0 Å². The number of primary amides is 1. The molecule has 1 aliphatic heterocycles. The predicted molar refractivity (Wildman–Crippen MR) is 116 cm³/mol. The Balaban J connectivity index is 1.51. The molecule has 10 nitrogen and oxygen atoms in total. The van der Waals surface area contributed by atoms with Crippen LogP contribution in [0.15, 0.2) is 0 Å². The topological polar surface area (TPSA) is 143 Å². The van der Waals surface area contributed by atoms with Gasteiger partial charge in [0.05, 0.1) is 11.7 Å². The van der Waals surface area contributed by atoms with Crippen LogP contribution >= 0.6 is 22.7 Å². The Kier molecular flexibility index (Phi) is 6.30. The van der Waals surface area contributed by atoms with Crippen LogP contribution in [0.3, 0.4) is 0 Å². The number of nitrogens with zero attached hydrogens (tertiary/aromatic N) is 4. The minimum Gasteiger partial charge on any atom is -0.361 e. The van der Waals surface area contributed by atoms with Crippen LogP contribution in [0.4, 0.5) is 0 Å². The van der Waals surface area contributed by atoms with E-state index in [4.69, 9.17) is 5.73 Å². The summed E-state index contributed by atoms with van der Waals surface area (Å²) in [7, 11) is 2.05. The average Bonchev–Trinajstić information content (AvgIpc) is 3.35. The molecule has 31 heavy (non-hydrogen) atoms. The molecular weight excluding hydrogens is 438 g/mol. The third kappa shape index (κ3) is 4.91. The highest BCUT2D eigenvalue weighted by Crippen LogP contribution is 2.35. The number of likely N-dealkylation sites (N-methyl/N-ethyl adjacent to an activating group) is 1. The number of hydrogen-bond donors (Lipinski definition) is 3. The molecule has 4 N–H and O–H groups in total. The van der Waals surface area contributed by atoms with E-state index >= 15 is 0 Å². The van der Waals surface area contributed by atoms with Crippen LogP contribution in [-0.2, 0) is 22.6 Å². The van der Waals surface area contributed by atoms with Gasteiger partial charge in [0, 0.05) is 36.3 Å². The molecule has 0 bridgehead atoms. The van der Waals surface area contributed by atoms with E-state index in [-0.39, 0.29) is 17.9 Å². The highest BCUT2D eigenvalue weighted by atomic mass is 32.1.